The predicted molar refractivity (Wildman–Crippen MR) is 79.9 cm³/mol. The molecule has 3 nitrogen and oxygen atoms in total. The van der Waals surface area contributed by atoms with E-state index in [1.165, 1.54) is 0 Å². The molecule has 0 spiro atoms. The van der Waals surface area contributed by atoms with Gasteiger partial charge in [-0.1, -0.05) is 35.9 Å². The third kappa shape index (κ3) is 2.50. The Balaban J connectivity index is 1.83. The monoisotopic (exact) mass is 287 g/mol. The van der Waals surface area contributed by atoms with E-state index < -0.39 is 0 Å². The average Bonchev–Trinajstić information content (AvgIpc) is 2.89. The summed E-state index contributed by atoms with van der Waals surface area (Å²) in [6.07, 6.45) is 0. The largest absolute Gasteiger partial charge is 0.484 e. The van der Waals surface area contributed by atoms with Crippen LogP contribution in [0.3, 0.4) is 0 Å². The number of fused-ring (bicyclic) bond motifs is 1. The zero-order chi connectivity index (χ0) is 13.9. The Kier molecular flexibility index (Phi) is 3.63. The highest BCUT2D eigenvalue weighted by Crippen LogP contribution is 2.26. The number of hydrogen-bond acceptors (Lipinski definition) is 3. The standard InChI is InChI=1S/C16H14ClNO2/c17-14-5-1-2-6-16(14)19-10-12-8-13-11(9-18)4-3-7-15(13)20-12/h1-8H,9-10,18H2. The highest BCUT2D eigenvalue weighted by atomic mass is 35.5. The van der Waals surface area contributed by atoms with Gasteiger partial charge in [0.25, 0.3) is 0 Å². The highest BCUT2D eigenvalue weighted by Gasteiger charge is 2.08. The van der Waals surface area contributed by atoms with E-state index in [-0.39, 0.29) is 0 Å². The van der Waals surface area contributed by atoms with Gasteiger partial charge in [-0.25, -0.2) is 0 Å². The second-order valence-corrected chi connectivity index (χ2v) is 4.87. The van der Waals surface area contributed by atoms with Crippen molar-refractivity contribution in [3.63, 3.8) is 0 Å². The number of hydrogen-bond donors (Lipinski definition) is 1. The first-order chi connectivity index (χ1) is 9.78. The molecule has 0 saturated heterocycles. The van der Waals surface area contributed by atoms with Crippen molar-refractivity contribution in [1.82, 2.24) is 0 Å². The zero-order valence-electron chi connectivity index (χ0n) is 10.8. The number of halogens is 1. The molecule has 0 radical (unpaired) electrons. The van der Waals surface area contributed by atoms with E-state index in [4.69, 9.17) is 26.5 Å². The van der Waals surface area contributed by atoms with Crippen molar-refractivity contribution in [2.75, 3.05) is 0 Å². The Labute approximate surface area is 121 Å². The predicted octanol–water partition coefficient (Wildman–Crippen LogP) is 4.12. The molecule has 1 aromatic heterocycles. The van der Waals surface area contributed by atoms with Gasteiger partial charge in [0.2, 0.25) is 0 Å². The summed E-state index contributed by atoms with van der Waals surface area (Å²) in [5, 5.41) is 1.62. The van der Waals surface area contributed by atoms with Crippen molar-refractivity contribution in [3.8, 4) is 5.75 Å². The highest BCUT2D eigenvalue weighted by molar-refractivity contribution is 6.32. The minimum atomic E-state index is 0.336. The van der Waals surface area contributed by atoms with E-state index >= 15 is 0 Å². The number of nitrogens with two attached hydrogens (primary N) is 1. The number of rotatable bonds is 4. The Morgan fingerprint density at radius 1 is 1.10 bits per heavy atom. The number of furan rings is 1. The number of ether oxygens (including phenoxy) is 1. The van der Waals surface area contributed by atoms with Crippen molar-refractivity contribution >= 4 is 22.6 Å². The van der Waals surface area contributed by atoms with Gasteiger partial charge >= 0.3 is 0 Å². The van der Waals surface area contributed by atoms with Gasteiger partial charge in [0.15, 0.2) is 0 Å². The smallest absolute Gasteiger partial charge is 0.146 e. The van der Waals surface area contributed by atoms with Crippen LogP contribution in [-0.4, -0.2) is 0 Å². The number of para-hydroxylation sites is 1. The van der Waals surface area contributed by atoms with E-state index in [9.17, 15) is 0 Å². The van der Waals surface area contributed by atoms with Crippen LogP contribution >= 0.6 is 11.6 Å². The lowest BCUT2D eigenvalue weighted by Crippen LogP contribution is -1.96. The van der Waals surface area contributed by atoms with Gasteiger partial charge < -0.3 is 14.9 Å². The van der Waals surface area contributed by atoms with Crippen LogP contribution in [0, 0.1) is 0 Å². The molecule has 3 aromatic rings. The van der Waals surface area contributed by atoms with Crippen LogP contribution in [0.2, 0.25) is 5.02 Å². The normalized spacial score (nSPS) is 10.9. The first-order valence-electron chi connectivity index (χ1n) is 6.35. The molecule has 20 heavy (non-hydrogen) atoms. The van der Waals surface area contributed by atoms with E-state index in [0.29, 0.717) is 23.9 Å². The lowest BCUT2D eigenvalue weighted by atomic mass is 10.1. The van der Waals surface area contributed by atoms with Crippen LogP contribution in [0.4, 0.5) is 0 Å². The van der Waals surface area contributed by atoms with Crippen LogP contribution in [0.5, 0.6) is 5.75 Å². The molecule has 0 aliphatic rings. The second kappa shape index (κ2) is 5.57. The molecule has 102 valence electrons. The fraction of sp³-hybridized carbons (Fsp3) is 0.125. The first-order valence-corrected chi connectivity index (χ1v) is 6.73. The molecule has 0 bridgehead atoms. The maximum Gasteiger partial charge on any atom is 0.146 e. The fourth-order valence-electron chi connectivity index (χ4n) is 2.13. The number of benzene rings is 2. The summed E-state index contributed by atoms with van der Waals surface area (Å²) in [5.74, 6) is 1.40. The summed E-state index contributed by atoms with van der Waals surface area (Å²) in [6.45, 7) is 0.824. The lowest BCUT2D eigenvalue weighted by Gasteiger charge is -2.05. The van der Waals surface area contributed by atoms with Crippen LogP contribution in [0.1, 0.15) is 11.3 Å². The Morgan fingerprint density at radius 2 is 1.95 bits per heavy atom. The molecule has 4 heteroatoms. The second-order valence-electron chi connectivity index (χ2n) is 4.46. The van der Waals surface area contributed by atoms with Gasteiger partial charge in [-0.15, -0.1) is 0 Å². The van der Waals surface area contributed by atoms with Gasteiger partial charge in [-0.3, -0.25) is 0 Å². The minimum Gasteiger partial charge on any atom is -0.484 e. The molecule has 2 N–H and O–H groups in total. The van der Waals surface area contributed by atoms with Gasteiger partial charge in [0, 0.05) is 11.9 Å². The van der Waals surface area contributed by atoms with Crippen molar-refractivity contribution in [1.29, 1.82) is 0 Å². The molecular weight excluding hydrogens is 274 g/mol. The molecule has 3 rings (SSSR count). The summed E-state index contributed by atoms with van der Waals surface area (Å²) in [5.41, 5.74) is 7.61. The van der Waals surface area contributed by atoms with Crippen LogP contribution in [0.25, 0.3) is 11.0 Å². The summed E-state index contributed by atoms with van der Waals surface area (Å²) in [6, 6.07) is 15.2. The fourth-order valence-corrected chi connectivity index (χ4v) is 2.32. The summed E-state index contributed by atoms with van der Waals surface area (Å²) < 4.78 is 11.4. The van der Waals surface area contributed by atoms with E-state index in [1.54, 1.807) is 6.07 Å². The summed E-state index contributed by atoms with van der Waals surface area (Å²) in [7, 11) is 0. The Hall–Kier alpha value is -1.97. The molecule has 0 atom stereocenters. The maximum atomic E-state index is 6.04. The average molecular weight is 288 g/mol. The first kappa shape index (κ1) is 13.0. The summed E-state index contributed by atoms with van der Waals surface area (Å²) in [4.78, 5) is 0. The summed E-state index contributed by atoms with van der Waals surface area (Å²) >= 11 is 6.04. The maximum absolute atomic E-state index is 6.04. The quantitative estimate of drug-likeness (QED) is 0.785. The van der Waals surface area contributed by atoms with E-state index in [0.717, 1.165) is 22.3 Å². The van der Waals surface area contributed by atoms with Gasteiger partial charge in [-0.2, -0.15) is 0 Å². The van der Waals surface area contributed by atoms with E-state index in [1.807, 2.05) is 42.5 Å². The molecule has 0 aliphatic heterocycles. The van der Waals surface area contributed by atoms with Crippen molar-refractivity contribution in [3.05, 3.63) is 64.9 Å². The Bertz CT molecular complexity index is 736. The third-order valence-electron chi connectivity index (χ3n) is 3.13. The molecule has 0 aliphatic carbocycles. The molecule has 0 fully saturated rings. The molecule has 1 heterocycles. The van der Waals surface area contributed by atoms with Crippen molar-refractivity contribution in [2.24, 2.45) is 5.73 Å². The van der Waals surface area contributed by atoms with Crippen LogP contribution in [0.15, 0.2) is 52.9 Å². The van der Waals surface area contributed by atoms with Gasteiger partial charge in [-0.05, 0) is 29.8 Å². The Morgan fingerprint density at radius 3 is 2.75 bits per heavy atom. The van der Waals surface area contributed by atoms with E-state index in [2.05, 4.69) is 0 Å². The van der Waals surface area contributed by atoms with Gasteiger partial charge in [0.05, 0.1) is 5.02 Å². The minimum absolute atomic E-state index is 0.336. The SMILES string of the molecule is NCc1cccc2oc(COc3ccccc3Cl)cc12. The van der Waals surface area contributed by atoms with Crippen molar-refractivity contribution < 1.29 is 9.15 Å². The third-order valence-corrected chi connectivity index (χ3v) is 3.44. The topological polar surface area (TPSA) is 48.4 Å². The van der Waals surface area contributed by atoms with Crippen LogP contribution < -0.4 is 10.5 Å². The van der Waals surface area contributed by atoms with Crippen molar-refractivity contribution in [2.45, 2.75) is 13.2 Å². The lowest BCUT2D eigenvalue weighted by molar-refractivity contribution is 0.274. The van der Waals surface area contributed by atoms with Gasteiger partial charge in [0.1, 0.15) is 23.7 Å². The molecule has 0 amide bonds. The zero-order valence-corrected chi connectivity index (χ0v) is 11.6. The molecule has 2 aromatic carbocycles. The van der Waals surface area contributed by atoms with Crippen LogP contribution in [-0.2, 0) is 13.2 Å². The molecule has 0 unspecified atom stereocenters. The molecular formula is C16H14ClNO2. The molecule has 0 saturated carbocycles.